The predicted molar refractivity (Wildman–Crippen MR) is 130 cm³/mol. The van der Waals surface area contributed by atoms with Crippen molar-refractivity contribution >= 4 is 28.7 Å². The molecular weight excluding hydrogens is 374 g/mol. The predicted octanol–water partition coefficient (Wildman–Crippen LogP) is 6.16. The van der Waals surface area contributed by atoms with Crippen LogP contribution in [0.5, 0.6) is 0 Å². The van der Waals surface area contributed by atoms with Crippen LogP contribution in [0.4, 0.5) is 11.4 Å². The molecule has 0 spiro atoms. The molecule has 1 atom stereocenters. The number of aryl methyl sites for hydroxylation is 2. The maximum Gasteiger partial charge on any atom is 0.173 e. The summed E-state index contributed by atoms with van der Waals surface area (Å²) in [6, 6.07) is 15.8. The molecule has 1 aliphatic heterocycles. The van der Waals surface area contributed by atoms with E-state index in [0.29, 0.717) is 6.04 Å². The number of thiocarbonyl (C=S) groups is 1. The van der Waals surface area contributed by atoms with Gasteiger partial charge in [0.05, 0.1) is 0 Å². The van der Waals surface area contributed by atoms with Crippen LogP contribution in [0.25, 0.3) is 0 Å². The van der Waals surface area contributed by atoms with E-state index in [1.54, 1.807) is 0 Å². The normalized spacial score (nSPS) is 14.3. The summed E-state index contributed by atoms with van der Waals surface area (Å²) in [5, 5.41) is 4.24. The molecule has 4 heteroatoms. The first-order chi connectivity index (χ1) is 14.0. The van der Waals surface area contributed by atoms with E-state index in [2.05, 4.69) is 85.3 Å². The van der Waals surface area contributed by atoms with Gasteiger partial charge in [-0.05, 0) is 81.1 Å². The van der Waals surface area contributed by atoms with Crippen molar-refractivity contribution in [2.24, 2.45) is 0 Å². The van der Waals surface area contributed by atoms with Crippen molar-refractivity contribution in [3.8, 4) is 0 Å². The molecule has 1 heterocycles. The third kappa shape index (κ3) is 5.51. The maximum atomic E-state index is 5.81. The number of nitrogens with zero attached hydrogens (tertiary/aromatic N) is 2. The Morgan fingerprint density at radius 1 is 1.17 bits per heavy atom. The summed E-state index contributed by atoms with van der Waals surface area (Å²) in [7, 11) is 0. The summed E-state index contributed by atoms with van der Waals surface area (Å²) < 4.78 is 0. The van der Waals surface area contributed by atoms with Crippen LogP contribution < -0.4 is 10.2 Å². The minimum atomic E-state index is 0.382. The zero-order chi connectivity index (χ0) is 20.8. The van der Waals surface area contributed by atoms with Gasteiger partial charge in [0.15, 0.2) is 5.11 Å². The zero-order valence-corrected chi connectivity index (χ0v) is 19.2. The van der Waals surface area contributed by atoms with Gasteiger partial charge in [-0.15, -0.1) is 0 Å². The van der Waals surface area contributed by atoms with Crippen LogP contribution in [-0.4, -0.2) is 29.1 Å². The highest BCUT2D eigenvalue weighted by molar-refractivity contribution is 7.80. The Balaban J connectivity index is 1.76. The second-order valence-corrected chi connectivity index (χ2v) is 8.62. The lowest BCUT2D eigenvalue weighted by Gasteiger charge is -2.33. The SMILES string of the molecule is CCCN1CCCc2cc(CN(C(=S)Nc3ccc(C)cc3)[C@H](C)CC)ccc21. The molecule has 1 N–H and O–H groups in total. The molecule has 3 rings (SSSR count). The Morgan fingerprint density at radius 3 is 2.62 bits per heavy atom. The topological polar surface area (TPSA) is 18.5 Å². The molecule has 0 unspecified atom stereocenters. The fourth-order valence-electron chi connectivity index (χ4n) is 4.01. The number of anilines is 2. The van der Waals surface area contributed by atoms with Gasteiger partial charge in [0.25, 0.3) is 0 Å². The summed E-state index contributed by atoms with van der Waals surface area (Å²) in [5.74, 6) is 0. The van der Waals surface area contributed by atoms with E-state index < -0.39 is 0 Å². The molecule has 3 nitrogen and oxygen atoms in total. The van der Waals surface area contributed by atoms with E-state index in [9.17, 15) is 0 Å². The molecule has 0 aromatic heterocycles. The molecule has 2 aromatic rings. The van der Waals surface area contributed by atoms with Crippen molar-refractivity contribution in [2.75, 3.05) is 23.3 Å². The number of fused-ring (bicyclic) bond motifs is 1. The van der Waals surface area contributed by atoms with Crippen molar-refractivity contribution < 1.29 is 0 Å². The number of rotatable bonds is 7. The highest BCUT2D eigenvalue weighted by Crippen LogP contribution is 2.29. The molecule has 156 valence electrons. The molecule has 0 amide bonds. The molecule has 0 radical (unpaired) electrons. The Hall–Kier alpha value is -2.07. The largest absolute Gasteiger partial charge is 0.371 e. The molecule has 0 fully saturated rings. The summed E-state index contributed by atoms with van der Waals surface area (Å²) in [4.78, 5) is 4.86. The van der Waals surface area contributed by atoms with Crippen molar-refractivity contribution in [1.29, 1.82) is 0 Å². The van der Waals surface area contributed by atoms with Crippen LogP contribution in [0, 0.1) is 6.92 Å². The summed E-state index contributed by atoms with van der Waals surface area (Å²) in [6.07, 6.45) is 4.69. The van der Waals surface area contributed by atoms with Gasteiger partial charge in [-0.1, -0.05) is 43.7 Å². The van der Waals surface area contributed by atoms with E-state index >= 15 is 0 Å². The third-order valence-electron chi connectivity index (χ3n) is 5.89. The Morgan fingerprint density at radius 2 is 1.93 bits per heavy atom. The summed E-state index contributed by atoms with van der Waals surface area (Å²) in [6.45, 7) is 12.0. The first-order valence-electron chi connectivity index (χ1n) is 11.0. The molecule has 0 saturated heterocycles. The van der Waals surface area contributed by atoms with Gasteiger partial charge in [0.2, 0.25) is 0 Å². The Labute approximate surface area is 182 Å². The van der Waals surface area contributed by atoms with E-state index in [1.807, 2.05) is 0 Å². The molecule has 29 heavy (non-hydrogen) atoms. The van der Waals surface area contributed by atoms with Crippen molar-refractivity contribution in [1.82, 2.24) is 4.90 Å². The Kier molecular flexibility index (Phi) is 7.54. The van der Waals surface area contributed by atoms with Gasteiger partial charge in [0.1, 0.15) is 0 Å². The highest BCUT2D eigenvalue weighted by atomic mass is 32.1. The first kappa shape index (κ1) is 21.6. The lowest BCUT2D eigenvalue weighted by atomic mass is 9.98. The average Bonchev–Trinajstić information content (AvgIpc) is 2.73. The maximum absolute atomic E-state index is 5.81. The molecule has 0 aliphatic carbocycles. The third-order valence-corrected chi connectivity index (χ3v) is 6.23. The molecule has 2 aromatic carbocycles. The number of benzene rings is 2. The lowest BCUT2D eigenvalue weighted by Crippen LogP contribution is -2.40. The first-order valence-corrected chi connectivity index (χ1v) is 11.4. The monoisotopic (exact) mass is 409 g/mol. The Bertz CT molecular complexity index is 815. The minimum absolute atomic E-state index is 0.382. The summed E-state index contributed by atoms with van der Waals surface area (Å²) >= 11 is 5.81. The average molecular weight is 410 g/mol. The van der Waals surface area contributed by atoms with Gasteiger partial charge in [0, 0.05) is 37.1 Å². The fraction of sp³-hybridized carbons (Fsp3) is 0.480. The standard InChI is InChI=1S/C25H35N3S/c1-5-15-27-16-7-8-22-17-21(11-14-24(22)27)18-28(20(4)6-2)25(29)26-23-12-9-19(3)10-13-23/h9-14,17,20H,5-8,15-16,18H2,1-4H3,(H,26,29)/t20-/m1/s1. The highest BCUT2D eigenvalue weighted by Gasteiger charge is 2.20. The lowest BCUT2D eigenvalue weighted by molar-refractivity contribution is 0.319. The van der Waals surface area contributed by atoms with Crippen LogP contribution in [0.3, 0.4) is 0 Å². The number of hydrogen-bond acceptors (Lipinski definition) is 2. The van der Waals surface area contributed by atoms with Crippen molar-refractivity contribution in [2.45, 2.75) is 66.0 Å². The molecule has 0 bridgehead atoms. The zero-order valence-electron chi connectivity index (χ0n) is 18.4. The van der Waals surface area contributed by atoms with Crippen molar-refractivity contribution in [3.05, 3.63) is 59.2 Å². The van der Waals surface area contributed by atoms with Gasteiger partial charge in [-0.2, -0.15) is 0 Å². The molecular formula is C25H35N3S. The molecule has 0 saturated carbocycles. The second-order valence-electron chi connectivity index (χ2n) is 8.24. The second kappa shape index (κ2) is 10.1. The van der Waals surface area contributed by atoms with Gasteiger partial charge in [-0.3, -0.25) is 0 Å². The van der Waals surface area contributed by atoms with Gasteiger partial charge < -0.3 is 15.1 Å². The van der Waals surface area contributed by atoms with Crippen LogP contribution >= 0.6 is 12.2 Å². The summed E-state index contributed by atoms with van der Waals surface area (Å²) in [5.41, 5.74) is 6.57. The fourth-order valence-corrected chi connectivity index (χ4v) is 4.37. The van der Waals surface area contributed by atoms with E-state index in [0.717, 1.165) is 30.3 Å². The van der Waals surface area contributed by atoms with Gasteiger partial charge >= 0.3 is 0 Å². The van der Waals surface area contributed by atoms with E-state index in [1.165, 1.54) is 48.2 Å². The van der Waals surface area contributed by atoms with E-state index in [4.69, 9.17) is 12.2 Å². The smallest absolute Gasteiger partial charge is 0.173 e. The molecule has 1 aliphatic rings. The van der Waals surface area contributed by atoms with Crippen LogP contribution in [0.1, 0.15) is 56.7 Å². The van der Waals surface area contributed by atoms with Crippen LogP contribution in [0.15, 0.2) is 42.5 Å². The minimum Gasteiger partial charge on any atom is -0.371 e. The van der Waals surface area contributed by atoms with Crippen LogP contribution in [-0.2, 0) is 13.0 Å². The van der Waals surface area contributed by atoms with Gasteiger partial charge in [-0.25, -0.2) is 0 Å². The van der Waals surface area contributed by atoms with E-state index in [-0.39, 0.29) is 0 Å². The number of hydrogen-bond donors (Lipinski definition) is 1. The quantitative estimate of drug-likeness (QED) is 0.552. The van der Waals surface area contributed by atoms with Crippen molar-refractivity contribution in [3.63, 3.8) is 0 Å². The number of nitrogens with one attached hydrogen (secondary N) is 1. The van der Waals surface area contributed by atoms with Crippen LogP contribution in [0.2, 0.25) is 0 Å².